The molecule has 7 heteroatoms. The van der Waals surface area contributed by atoms with Gasteiger partial charge in [0.2, 0.25) is 9.05 Å². The SMILES string of the molecule is O=S(=O)(Cl)CCCCCCOc1ccc(F)cc1F. The van der Waals surface area contributed by atoms with Crippen molar-refractivity contribution in [3.8, 4) is 5.75 Å². The molecule has 0 aliphatic heterocycles. The minimum absolute atomic E-state index is 0.0183. The molecule has 3 nitrogen and oxygen atoms in total. The number of ether oxygens (including phenoxy) is 1. The molecular weight excluding hydrogens is 298 g/mol. The maximum Gasteiger partial charge on any atom is 0.232 e. The Hall–Kier alpha value is -0.880. The lowest BCUT2D eigenvalue weighted by molar-refractivity contribution is 0.289. The molecule has 0 aliphatic rings. The van der Waals surface area contributed by atoms with Gasteiger partial charge in [0.15, 0.2) is 11.6 Å². The molecule has 0 bridgehead atoms. The summed E-state index contributed by atoms with van der Waals surface area (Å²) in [4.78, 5) is 0. The van der Waals surface area contributed by atoms with E-state index in [-0.39, 0.29) is 11.5 Å². The van der Waals surface area contributed by atoms with Gasteiger partial charge in [0.1, 0.15) is 5.82 Å². The second-order valence-corrected chi connectivity index (χ2v) is 6.98. The van der Waals surface area contributed by atoms with E-state index in [0.29, 0.717) is 25.9 Å². The van der Waals surface area contributed by atoms with E-state index in [1.165, 1.54) is 6.07 Å². The Labute approximate surface area is 115 Å². The highest BCUT2D eigenvalue weighted by Gasteiger charge is 2.05. The van der Waals surface area contributed by atoms with Crippen molar-refractivity contribution in [3.63, 3.8) is 0 Å². The topological polar surface area (TPSA) is 43.4 Å². The number of hydrogen-bond acceptors (Lipinski definition) is 3. The highest BCUT2D eigenvalue weighted by molar-refractivity contribution is 8.13. The number of halogens is 3. The first-order valence-electron chi connectivity index (χ1n) is 5.89. The fourth-order valence-corrected chi connectivity index (χ4v) is 2.38. The van der Waals surface area contributed by atoms with Crippen LogP contribution in [0.2, 0.25) is 0 Å². The Bertz CT molecular complexity index is 506. The van der Waals surface area contributed by atoms with E-state index in [4.69, 9.17) is 15.4 Å². The molecule has 108 valence electrons. The van der Waals surface area contributed by atoms with Gasteiger partial charge in [-0.15, -0.1) is 0 Å². The van der Waals surface area contributed by atoms with E-state index in [1.54, 1.807) is 0 Å². The van der Waals surface area contributed by atoms with E-state index in [9.17, 15) is 17.2 Å². The Balaban J connectivity index is 2.14. The highest BCUT2D eigenvalue weighted by atomic mass is 35.7. The minimum Gasteiger partial charge on any atom is -0.491 e. The molecule has 0 saturated carbocycles. The van der Waals surface area contributed by atoms with Crippen LogP contribution in [0.1, 0.15) is 25.7 Å². The number of unbranched alkanes of at least 4 members (excludes halogenated alkanes) is 3. The van der Waals surface area contributed by atoms with Gasteiger partial charge in [-0.3, -0.25) is 0 Å². The van der Waals surface area contributed by atoms with Gasteiger partial charge < -0.3 is 4.74 Å². The predicted molar refractivity (Wildman–Crippen MR) is 70.0 cm³/mol. The molecule has 0 amide bonds. The number of rotatable bonds is 8. The summed E-state index contributed by atoms with van der Waals surface area (Å²) in [6.07, 6.45) is 2.63. The zero-order valence-electron chi connectivity index (χ0n) is 10.2. The Morgan fingerprint density at radius 3 is 2.42 bits per heavy atom. The molecule has 0 aliphatic carbocycles. The van der Waals surface area contributed by atoms with Crippen molar-refractivity contribution >= 4 is 19.7 Å². The molecule has 0 N–H and O–H groups in total. The smallest absolute Gasteiger partial charge is 0.232 e. The first kappa shape index (κ1) is 16.2. The van der Waals surface area contributed by atoms with E-state index >= 15 is 0 Å². The van der Waals surface area contributed by atoms with Crippen LogP contribution >= 0.6 is 10.7 Å². The van der Waals surface area contributed by atoms with Gasteiger partial charge in [-0.1, -0.05) is 12.8 Å². The average Bonchev–Trinajstić information content (AvgIpc) is 2.29. The summed E-state index contributed by atoms with van der Waals surface area (Å²) in [7, 11) is 1.65. The third kappa shape index (κ3) is 7.32. The van der Waals surface area contributed by atoms with E-state index < -0.39 is 20.7 Å². The van der Waals surface area contributed by atoms with Crippen LogP contribution in [0.4, 0.5) is 8.78 Å². The lowest BCUT2D eigenvalue weighted by Gasteiger charge is -2.06. The Morgan fingerprint density at radius 2 is 1.79 bits per heavy atom. The molecule has 0 saturated heterocycles. The molecule has 1 aromatic carbocycles. The molecule has 1 aromatic rings. The highest BCUT2D eigenvalue weighted by Crippen LogP contribution is 2.18. The molecule has 1 rings (SSSR count). The summed E-state index contributed by atoms with van der Waals surface area (Å²) < 4.78 is 52.2. The van der Waals surface area contributed by atoms with Gasteiger partial charge in [-0.2, -0.15) is 0 Å². The van der Waals surface area contributed by atoms with Crippen LogP contribution in [-0.2, 0) is 9.05 Å². The Kier molecular flexibility index (Phi) is 6.51. The minimum atomic E-state index is -3.41. The van der Waals surface area contributed by atoms with Crippen molar-refractivity contribution in [2.24, 2.45) is 0 Å². The van der Waals surface area contributed by atoms with Crippen LogP contribution in [0, 0.1) is 11.6 Å². The zero-order valence-corrected chi connectivity index (χ0v) is 11.8. The summed E-state index contributed by atoms with van der Waals surface area (Å²) in [5.41, 5.74) is 0. The normalized spacial score (nSPS) is 11.5. The third-order valence-corrected chi connectivity index (χ3v) is 3.67. The van der Waals surface area contributed by atoms with Crippen LogP contribution in [0.15, 0.2) is 18.2 Å². The monoisotopic (exact) mass is 312 g/mol. The molecule has 0 radical (unpaired) electrons. The van der Waals surface area contributed by atoms with Gasteiger partial charge >= 0.3 is 0 Å². The second kappa shape index (κ2) is 7.65. The average molecular weight is 313 g/mol. The van der Waals surface area contributed by atoms with Crippen LogP contribution < -0.4 is 4.74 Å². The van der Waals surface area contributed by atoms with Crippen molar-refractivity contribution in [1.29, 1.82) is 0 Å². The fourth-order valence-electron chi connectivity index (χ4n) is 1.50. The van der Waals surface area contributed by atoms with Crippen LogP contribution in [0.25, 0.3) is 0 Å². The molecule has 0 fully saturated rings. The summed E-state index contributed by atoms with van der Waals surface area (Å²) >= 11 is 0. The second-order valence-electron chi connectivity index (χ2n) is 4.08. The maximum absolute atomic E-state index is 13.2. The molecule has 0 atom stereocenters. The quantitative estimate of drug-likeness (QED) is 0.545. The third-order valence-electron chi connectivity index (χ3n) is 2.43. The van der Waals surface area contributed by atoms with Crippen molar-refractivity contribution in [2.75, 3.05) is 12.4 Å². The van der Waals surface area contributed by atoms with Crippen molar-refractivity contribution in [3.05, 3.63) is 29.8 Å². The molecule has 0 aromatic heterocycles. The standard InChI is InChI=1S/C12H15ClF2O3S/c13-19(16,17)8-4-2-1-3-7-18-12-6-5-10(14)9-11(12)15/h5-6,9H,1-4,7-8H2. The lowest BCUT2D eigenvalue weighted by Crippen LogP contribution is -2.01. The first-order chi connectivity index (χ1) is 8.88. The molecular formula is C12H15ClF2O3S. The maximum atomic E-state index is 13.2. The first-order valence-corrected chi connectivity index (χ1v) is 8.36. The summed E-state index contributed by atoms with van der Waals surface area (Å²) in [6, 6.07) is 3.13. The predicted octanol–water partition coefficient (Wildman–Crippen LogP) is 3.47. The number of hydrogen-bond donors (Lipinski definition) is 0. The van der Waals surface area contributed by atoms with Gasteiger partial charge in [0, 0.05) is 16.7 Å². The largest absolute Gasteiger partial charge is 0.491 e. The van der Waals surface area contributed by atoms with Crippen molar-refractivity contribution in [2.45, 2.75) is 25.7 Å². The van der Waals surface area contributed by atoms with Crippen molar-refractivity contribution in [1.82, 2.24) is 0 Å². The zero-order chi connectivity index (χ0) is 14.3. The number of benzene rings is 1. The summed E-state index contributed by atoms with van der Waals surface area (Å²) in [5.74, 6) is -1.40. The van der Waals surface area contributed by atoms with E-state index in [0.717, 1.165) is 18.6 Å². The molecule has 0 unspecified atom stereocenters. The lowest BCUT2D eigenvalue weighted by atomic mass is 10.2. The van der Waals surface area contributed by atoms with E-state index in [2.05, 4.69) is 0 Å². The molecule has 0 spiro atoms. The van der Waals surface area contributed by atoms with Gasteiger partial charge in [-0.05, 0) is 25.0 Å². The van der Waals surface area contributed by atoms with Gasteiger partial charge in [0.25, 0.3) is 0 Å². The summed E-state index contributed by atoms with van der Waals surface area (Å²) in [5, 5.41) is 0. The van der Waals surface area contributed by atoms with Crippen LogP contribution in [0.5, 0.6) is 5.75 Å². The van der Waals surface area contributed by atoms with E-state index in [1.807, 2.05) is 0 Å². The van der Waals surface area contributed by atoms with Crippen LogP contribution in [-0.4, -0.2) is 20.8 Å². The van der Waals surface area contributed by atoms with Gasteiger partial charge in [-0.25, -0.2) is 17.2 Å². The van der Waals surface area contributed by atoms with Gasteiger partial charge in [0.05, 0.1) is 12.4 Å². The fraction of sp³-hybridized carbons (Fsp3) is 0.500. The van der Waals surface area contributed by atoms with Crippen LogP contribution in [0.3, 0.4) is 0 Å². The van der Waals surface area contributed by atoms with Crippen molar-refractivity contribution < 1.29 is 21.9 Å². The molecule has 0 heterocycles. The summed E-state index contributed by atoms with van der Waals surface area (Å²) in [6.45, 7) is 0.302. The Morgan fingerprint density at radius 1 is 1.11 bits per heavy atom. The molecule has 19 heavy (non-hydrogen) atoms.